The van der Waals surface area contributed by atoms with Crippen molar-refractivity contribution in [1.82, 2.24) is 9.55 Å². The fraction of sp³-hybridized carbons (Fsp3) is 0.190. The zero-order chi connectivity index (χ0) is 19.9. The van der Waals surface area contributed by atoms with Crippen LogP contribution in [0.4, 0.5) is 0 Å². The summed E-state index contributed by atoms with van der Waals surface area (Å²) >= 11 is 12.3. The lowest BCUT2D eigenvalue weighted by atomic mass is 10.1. The molecule has 29 heavy (non-hydrogen) atoms. The number of esters is 1. The number of carbonyl (C=O) groups excluding carboxylic acids is 2. The Balaban J connectivity index is 0.00000300. The van der Waals surface area contributed by atoms with Crippen LogP contribution in [-0.2, 0) is 16.1 Å². The fourth-order valence-electron chi connectivity index (χ4n) is 2.75. The Bertz CT molecular complexity index is 947. The normalized spacial score (nSPS) is 11.4. The lowest BCUT2D eigenvalue weighted by Crippen LogP contribution is -2.17. The summed E-state index contributed by atoms with van der Waals surface area (Å²) in [4.78, 5) is 28.6. The second-order valence-corrected chi connectivity index (χ2v) is 7.04. The predicted octanol–water partition coefficient (Wildman–Crippen LogP) is 5.56. The van der Waals surface area contributed by atoms with Gasteiger partial charge in [0.05, 0.1) is 19.3 Å². The topological polar surface area (TPSA) is 61.2 Å². The van der Waals surface area contributed by atoms with Gasteiger partial charge in [0.15, 0.2) is 5.78 Å². The molecule has 0 fully saturated rings. The third kappa shape index (κ3) is 6.60. The van der Waals surface area contributed by atoms with Gasteiger partial charge in [-0.25, -0.2) is 4.98 Å². The van der Waals surface area contributed by atoms with Gasteiger partial charge in [-0.15, -0.1) is 12.4 Å². The summed E-state index contributed by atoms with van der Waals surface area (Å²) in [6, 6.07) is 13.9. The SMILES string of the molecule is Cl.O=C(CCC(=O)c1ccccc1)OC(Cn1ccnc1)c1ccc(Cl)cc1Cl. The van der Waals surface area contributed by atoms with E-state index in [-0.39, 0.29) is 31.0 Å². The number of ether oxygens (including phenoxy) is 1. The summed E-state index contributed by atoms with van der Waals surface area (Å²) in [5.74, 6) is -0.575. The molecule has 0 spiro atoms. The average Bonchev–Trinajstić information content (AvgIpc) is 3.19. The lowest BCUT2D eigenvalue weighted by Gasteiger charge is -2.20. The molecule has 0 N–H and O–H groups in total. The highest BCUT2D eigenvalue weighted by Gasteiger charge is 2.21. The smallest absolute Gasteiger partial charge is 0.306 e. The van der Waals surface area contributed by atoms with E-state index < -0.39 is 12.1 Å². The number of imidazole rings is 1. The Morgan fingerprint density at radius 2 is 1.83 bits per heavy atom. The first-order chi connectivity index (χ1) is 13.5. The molecule has 8 heteroatoms. The molecule has 3 aromatic rings. The van der Waals surface area contributed by atoms with Crippen molar-refractivity contribution in [2.24, 2.45) is 0 Å². The average molecular weight is 454 g/mol. The van der Waals surface area contributed by atoms with Crippen LogP contribution in [-0.4, -0.2) is 21.3 Å². The number of carbonyl (C=O) groups is 2. The Kier molecular flexibility index (Phi) is 8.70. The van der Waals surface area contributed by atoms with Gasteiger partial charge >= 0.3 is 5.97 Å². The van der Waals surface area contributed by atoms with Gasteiger partial charge in [0.2, 0.25) is 0 Å². The van der Waals surface area contributed by atoms with E-state index in [2.05, 4.69) is 4.98 Å². The van der Waals surface area contributed by atoms with Gasteiger partial charge in [-0.3, -0.25) is 9.59 Å². The molecular weight excluding hydrogens is 435 g/mol. The third-order valence-corrected chi connectivity index (χ3v) is 4.73. The molecule has 0 aliphatic rings. The molecule has 1 unspecified atom stereocenters. The zero-order valence-corrected chi connectivity index (χ0v) is 17.7. The van der Waals surface area contributed by atoms with Gasteiger partial charge in [0.25, 0.3) is 0 Å². The van der Waals surface area contributed by atoms with Crippen molar-refractivity contribution in [2.45, 2.75) is 25.5 Å². The minimum absolute atomic E-state index is 0. The van der Waals surface area contributed by atoms with Crippen LogP contribution in [0.15, 0.2) is 67.3 Å². The first-order valence-corrected chi connectivity index (χ1v) is 9.47. The lowest BCUT2D eigenvalue weighted by molar-refractivity contribution is -0.150. The molecule has 1 atom stereocenters. The summed E-state index contributed by atoms with van der Waals surface area (Å²) in [5, 5.41) is 0.903. The number of Topliss-reactive ketones (excluding diaryl/α,β-unsaturated/α-hetero) is 1. The minimum Gasteiger partial charge on any atom is -0.455 e. The van der Waals surface area contributed by atoms with E-state index in [4.69, 9.17) is 27.9 Å². The molecule has 152 valence electrons. The molecular formula is C21H19Cl3N2O3. The fourth-order valence-corrected chi connectivity index (χ4v) is 3.28. The van der Waals surface area contributed by atoms with Crippen molar-refractivity contribution in [3.63, 3.8) is 0 Å². The number of hydrogen-bond donors (Lipinski definition) is 0. The molecule has 0 radical (unpaired) electrons. The van der Waals surface area contributed by atoms with E-state index in [9.17, 15) is 9.59 Å². The summed E-state index contributed by atoms with van der Waals surface area (Å²) in [6.45, 7) is 0.347. The van der Waals surface area contributed by atoms with Crippen LogP contribution in [0, 0.1) is 0 Å². The first kappa shape index (κ1) is 22.9. The van der Waals surface area contributed by atoms with Crippen LogP contribution < -0.4 is 0 Å². The molecule has 0 saturated heterocycles. The van der Waals surface area contributed by atoms with Crippen molar-refractivity contribution in [3.05, 3.63) is 88.4 Å². The van der Waals surface area contributed by atoms with Crippen LogP contribution in [0.5, 0.6) is 0 Å². The summed E-state index contributed by atoms with van der Waals surface area (Å²) < 4.78 is 7.44. The van der Waals surface area contributed by atoms with Crippen LogP contribution in [0.3, 0.4) is 0 Å². The largest absolute Gasteiger partial charge is 0.455 e. The van der Waals surface area contributed by atoms with E-state index >= 15 is 0 Å². The highest BCUT2D eigenvalue weighted by molar-refractivity contribution is 6.35. The van der Waals surface area contributed by atoms with Gasteiger partial charge in [0.1, 0.15) is 6.10 Å². The minimum atomic E-state index is -0.627. The maximum Gasteiger partial charge on any atom is 0.306 e. The molecule has 5 nitrogen and oxygen atoms in total. The number of benzene rings is 2. The molecule has 2 aromatic carbocycles. The van der Waals surface area contributed by atoms with E-state index in [0.29, 0.717) is 27.7 Å². The Morgan fingerprint density at radius 1 is 1.07 bits per heavy atom. The molecule has 1 aromatic heterocycles. The Labute approximate surface area is 185 Å². The Morgan fingerprint density at radius 3 is 2.48 bits per heavy atom. The number of aromatic nitrogens is 2. The highest BCUT2D eigenvalue weighted by Crippen LogP contribution is 2.30. The monoisotopic (exact) mass is 452 g/mol. The third-order valence-electron chi connectivity index (χ3n) is 4.17. The molecule has 0 bridgehead atoms. The van der Waals surface area contributed by atoms with Crippen molar-refractivity contribution in [3.8, 4) is 0 Å². The van der Waals surface area contributed by atoms with Crippen LogP contribution in [0.25, 0.3) is 0 Å². The maximum atomic E-state index is 12.4. The van der Waals surface area contributed by atoms with Crippen molar-refractivity contribution in [2.75, 3.05) is 0 Å². The van der Waals surface area contributed by atoms with E-state index in [1.165, 1.54) is 0 Å². The number of hydrogen-bond acceptors (Lipinski definition) is 4. The van der Waals surface area contributed by atoms with Gasteiger partial charge in [-0.1, -0.05) is 59.6 Å². The summed E-state index contributed by atoms with van der Waals surface area (Å²) in [6.07, 6.45) is 4.47. The quantitative estimate of drug-likeness (QED) is 0.331. The molecule has 0 aliphatic heterocycles. The molecule has 0 saturated carbocycles. The van der Waals surface area contributed by atoms with Crippen molar-refractivity contribution >= 4 is 47.4 Å². The number of nitrogens with zero attached hydrogens (tertiary/aromatic N) is 2. The predicted molar refractivity (Wildman–Crippen MR) is 115 cm³/mol. The van der Waals surface area contributed by atoms with Crippen molar-refractivity contribution < 1.29 is 14.3 Å². The van der Waals surface area contributed by atoms with Crippen molar-refractivity contribution in [1.29, 1.82) is 0 Å². The standard InChI is InChI=1S/C21H18Cl2N2O3.ClH/c22-16-6-7-17(18(23)12-16)20(13-25-11-10-24-14-25)28-21(27)9-8-19(26)15-4-2-1-3-5-15;/h1-7,10-12,14,20H,8-9,13H2;1H. The van der Waals surface area contributed by atoms with Crippen LogP contribution >= 0.6 is 35.6 Å². The van der Waals surface area contributed by atoms with Gasteiger partial charge in [0, 0.05) is 40.0 Å². The van der Waals surface area contributed by atoms with E-state index in [1.807, 2.05) is 6.07 Å². The Hall–Kier alpha value is -2.34. The second-order valence-electron chi connectivity index (χ2n) is 6.19. The highest BCUT2D eigenvalue weighted by atomic mass is 35.5. The van der Waals surface area contributed by atoms with Crippen LogP contribution in [0.1, 0.15) is 34.9 Å². The number of halogens is 3. The van der Waals surface area contributed by atoms with E-state index in [1.54, 1.807) is 65.8 Å². The number of ketones is 1. The van der Waals surface area contributed by atoms with E-state index in [0.717, 1.165) is 0 Å². The molecule has 0 amide bonds. The van der Waals surface area contributed by atoms with Crippen LogP contribution in [0.2, 0.25) is 10.0 Å². The van der Waals surface area contributed by atoms with Gasteiger partial charge < -0.3 is 9.30 Å². The number of rotatable bonds is 8. The second kappa shape index (κ2) is 11.0. The van der Waals surface area contributed by atoms with Gasteiger partial charge in [-0.2, -0.15) is 0 Å². The first-order valence-electron chi connectivity index (χ1n) is 8.71. The van der Waals surface area contributed by atoms with Gasteiger partial charge in [-0.05, 0) is 12.1 Å². The molecule has 0 aliphatic carbocycles. The zero-order valence-electron chi connectivity index (χ0n) is 15.3. The maximum absolute atomic E-state index is 12.4. The summed E-state index contributed by atoms with van der Waals surface area (Å²) in [7, 11) is 0. The molecule has 3 rings (SSSR count). The summed E-state index contributed by atoms with van der Waals surface area (Å²) in [5.41, 5.74) is 1.22. The molecule has 1 heterocycles.